The van der Waals surface area contributed by atoms with Crippen LogP contribution in [0.4, 0.5) is 5.82 Å². The molecule has 0 unspecified atom stereocenters. The molecular formula is C10H14N6. The lowest BCUT2D eigenvalue weighted by Gasteiger charge is -2.18. The molecule has 1 atom stereocenters. The predicted molar refractivity (Wildman–Crippen MR) is 60.3 cm³/mol. The molecule has 0 aliphatic carbocycles. The van der Waals surface area contributed by atoms with E-state index in [4.69, 9.17) is 5.73 Å². The second-order valence-electron chi connectivity index (χ2n) is 4.22. The summed E-state index contributed by atoms with van der Waals surface area (Å²) in [6, 6.07) is 2.28. The lowest BCUT2D eigenvalue weighted by atomic mass is 10.3. The quantitative estimate of drug-likeness (QED) is 0.727. The molecule has 84 valence electrons. The lowest BCUT2D eigenvalue weighted by Crippen LogP contribution is -2.28. The minimum Gasteiger partial charge on any atom is -0.355 e. The summed E-state index contributed by atoms with van der Waals surface area (Å²) in [7, 11) is 0. The van der Waals surface area contributed by atoms with E-state index in [-0.39, 0.29) is 6.04 Å². The topological polar surface area (TPSA) is 72.3 Å². The fraction of sp³-hybridized carbons (Fsp3) is 0.500. The van der Waals surface area contributed by atoms with Gasteiger partial charge in [0.1, 0.15) is 12.1 Å². The number of nitrogens with zero attached hydrogens (tertiary/aromatic N) is 5. The maximum Gasteiger partial charge on any atom is 0.254 e. The predicted octanol–water partition coefficient (Wildman–Crippen LogP) is -0.0299. The van der Waals surface area contributed by atoms with Gasteiger partial charge in [0.2, 0.25) is 0 Å². The van der Waals surface area contributed by atoms with E-state index >= 15 is 0 Å². The number of hydrogen-bond acceptors (Lipinski definition) is 5. The molecule has 2 N–H and O–H groups in total. The molecular weight excluding hydrogens is 204 g/mol. The summed E-state index contributed by atoms with van der Waals surface area (Å²) in [5, 5.41) is 4.19. The number of anilines is 1. The minimum atomic E-state index is 0.257. The minimum absolute atomic E-state index is 0.257. The van der Waals surface area contributed by atoms with Crippen LogP contribution >= 0.6 is 0 Å². The monoisotopic (exact) mass is 218 g/mol. The standard InChI is InChI=1S/C10H14N6/c1-7-4-9(15-3-2-8(11)5-15)16-10(14-7)12-6-13-16/h4,6,8H,2-3,5,11H2,1H3/t8-/m1/s1. The Morgan fingerprint density at radius 3 is 3.12 bits per heavy atom. The van der Waals surface area contributed by atoms with E-state index in [9.17, 15) is 0 Å². The third kappa shape index (κ3) is 1.42. The highest BCUT2D eigenvalue weighted by Gasteiger charge is 2.22. The average Bonchev–Trinajstić information content (AvgIpc) is 2.84. The third-order valence-electron chi connectivity index (χ3n) is 2.91. The Hall–Kier alpha value is -1.69. The lowest BCUT2D eigenvalue weighted by molar-refractivity contribution is 0.749. The van der Waals surface area contributed by atoms with Crippen LogP contribution < -0.4 is 10.6 Å². The highest BCUT2D eigenvalue weighted by molar-refractivity contribution is 5.48. The van der Waals surface area contributed by atoms with Crippen LogP contribution in [0, 0.1) is 6.92 Å². The van der Waals surface area contributed by atoms with Gasteiger partial charge in [-0.15, -0.1) is 0 Å². The van der Waals surface area contributed by atoms with Gasteiger partial charge in [-0.3, -0.25) is 0 Å². The molecule has 0 spiro atoms. The number of aromatic nitrogens is 4. The van der Waals surface area contributed by atoms with Crippen molar-refractivity contribution in [3.05, 3.63) is 18.1 Å². The van der Waals surface area contributed by atoms with Crippen LogP contribution in [-0.2, 0) is 0 Å². The van der Waals surface area contributed by atoms with Crippen LogP contribution in [0.2, 0.25) is 0 Å². The van der Waals surface area contributed by atoms with Gasteiger partial charge in [0.05, 0.1) is 0 Å². The summed E-state index contributed by atoms with van der Waals surface area (Å²) in [5.41, 5.74) is 6.87. The summed E-state index contributed by atoms with van der Waals surface area (Å²) in [6.07, 6.45) is 2.55. The van der Waals surface area contributed by atoms with Crippen molar-refractivity contribution in [3.63, 3.8) is 0 Å². The van der Waals surface area contributed by atoms with Gasteiger partial charge in [0, 0.05) is 30.9 Å². The Balaban J connectivity index is 2.11. The first-order chi connectivity index (χ1) is 7.74. The molecule has 0 saturated carbocycles. The first-order valence-electron chi connectivity index (χ1n) is 5.42. The van der Waals surface area contributed by atoms with Gasteiger partial charge in [-0.25, -0.2) is 4.98 Å². The highest BCUT2D eigenvalue weighted by atomic mass is 15.4. The van der Waals surface area contributed by atoms with Gasteiger partial charge in [-0.05, 0) is 13.3 Å². The van der Waals surface area contributed by atoms with Crippen molar-refractivity contribution in [1.82, 2.24) is 19.6 Å². The van der Waals surface area contributed by atoms with Crippen molar-refractivity contribution < 1.29 is 0 Å². The zero-order chi connectivity index (χ0) is 11.1. The second kappa shape index (κ2) is 3.41. The van der Waals surface area contributed by atoms with Crippen LogP contribution in [0.25, 0.3) is 5.78 Å². The smallest absolute Gasteiger partial charge is 0.254 e. The van der Waals surface area contributed by atoms with E-state index in [0.717, 1.165) is 31.0 Å². The molecule has 2 aromatic rings. The van der Waals surface area contributed by atoms with Gasteiger partial charge in [0.15, 0.2) is 0 Å². The number of hydrogen-bond donors (Lipinski definition) is 1. The summed E-state index contributed by atoms with van der Waals surface area (Å²) in [5.74, 6) is 1.68. The average molecular weight is 218 g/mol. The Labute approximate surface area is 93.1 Å². The van der Waals surface area contributed by atoms with E-state index in [1.165, 1.54) is 6.33 Å². The molecule has 0 amide bonds. The van der Waals surface area contributed by atoms with E-state index in [1.54, 1.807) is 4.52 Å². The van der Waals surface area contributed by atoms with Crippen LogP contribution in [0.15, 0.2) is 12.4 Å². The first-order valence-corrected chi connectivity index (χ1v) is 5.42. The Kier molecular flexibility index (Phi) is 2.03. The van der Waals surface area contributed by atoms with E-state index < -0.39 is 0 Å². The van der Waals surface area contributed by atoms with Crippen molar-refractivity contribution in [2.75, 3.05) is 18.0 Å². The SMILES string of the molecule is Cc1cc(N2CC[C@@H](N)C2)n2ncnc2n1. The number of fused-ring (bicyclic) bond motifs is 1. The van der Waals surface area contributed by atoms with Gasteiger partial charge in [-0.2, -0.15) is 14.6 Å². The van der Waals surface area contributed by atoms with Crippen molar-refractivity contribution in [2.45, 2.75) is 19.4 Å². The highest BCUT2D eigenvalue weighted by Crippen LogP contribution is 2.20. The molecule has 1 aliphatic heterocycles. The van der Waals surface area contributed by atoms with Crippen LogP contribution in [0.3, 0.4) is 0 Å². The molecule has 1 fully saturated rings. The van der Waals surface area contributed by atoms with Crippen molar-refractivity contribution >= 4 is 11.6 Å². The third-order valence-corrected chi connectivity index (χ3v) is 2.91. The molecule has 2 aromatic heterocycles. The summed E-state index contributed by atoms with van der Waals surface area (Å²) < 4.78 is 1.77. The Morgan fingerprint density at radius 1 is 1.50 bits per heavy atom. The van der Waals surface area contributed by atoms with Gasteiger partial charge < -0.3 is 10.6 Å². The summed E-state index contributed by atoms with van der Waals surface area (Å²) in [6.45, 7) is 3.81. The molecule has 1 aliphatic rings. The fourth-order valence-electron chi connectivity index (χ4n) is 2.13. The number of aryl methyl sites for hydroxylation is 1. The molecule has 0 bridgehead atoms. The largest absolute Gasteiger partial charge is 0.355 e. The Morgan fingerprint density at radius 2 is 2.38 bits per heavy atom. The molecule has 0 aromatic carbocycles. The van der Waals surface area contributed by atoms with Crippen LogP contribution in [-0.4, -0.2) is 38.7 Å². The molecule has 16 heavy (non-hydrogen) atoms. The summed E-state index contributed by atoms with van der Waals surface area (Å²) >= 11 is 0. The molecule has 6 nitrogen and oxygen atoms in total. The zero-order valence-electron chi connectivity index (χ0n) is 9.17. The molecule has 3 heterocycles. The van der Waals surface area contributed by atoms with E-state index in [0.29, 0.717) is 5.78 Å². The van der Waals surface area contributed by atoms with E-state index in [1.807, 2.05) is 13.0 Å². The number of rotatable bonds is 1. The van der Waals surface area contributed by atoms with Crippen molar-refractivity contribution in [2.24, 2.45) is 5.73 Å². The summed E-state index contributed by atoms with van der Waals surface area (Å²) in [4.78, 5) is 10.7. The maximum atomic E-state index is 5.92. The normalized spacial score (nSPS) is 20.9. The molecule has 6 heteroatoms. The van der Waals surface area contributed by atoms with Crippen LogP contribution in [0.1, 0.15) is 12.1 Å². The first kappa shape index (κ1) is 9.53. The van der Waals surface area contributed by atoms with Gasteiger partial charge >= 0.3 is 0 Å². The maximum absolute atomic E-state index is 5.92. The molecule has 3 rings (SSSR count). The fourth-order valence-corrected chi connectivity index (χ4v) is 2.13. The number of nitrogens with two attached hydrogens (primary N) is 1. The Bertz CT molecular complexity index is 519. The van der Waals surface area contributed by atoms with Gasteiger partial charge in [0.25, 0.3) is 5.78 Å². The molecule has 1 saturated heterocycles. The van der Waals surface area contributed by atoms with Crippen molar-refractivity contribution in [3.8, 4) is 0 Å². The van der Waals surface area contributed by atoms with Gasteiger partial charge in [-0.1, -0.05) is 0 Å². The molecule has 0 radical (unpaired) electrons. The second-order valence-corrected chi connectivity index (χ2v) is 4.22. The van der Waals surface area contributed by atoms with Crippen molar-refractivity contribution in [1.29, 1.82) is 0 Å². The van der Waals surface area contributed by atoms with Crippen LogP contribution in [0.5, 0.6) is 0 Å². The zero-order valence-corrected chi connectivity index (χ0v) is 9.17. The van der Waals surface area contributed by atoms with E-state index in [2.05, 4.69) is 20.0 Å².